The molecule has 1 amide bonds. The quantitative estimate of drug-likeness (QED) is 0.521. The van der Waals surface area contributed by atoms with Gasteiger partial charge in [0.25, 0.3) is 0 Å². The maximum atomic E-state index is 13.4. The number of amides is 1. The molecule has 12 heteroatoms. The van der Waals surface area contributed by atoms with E-state index in [1.165, 1.54) is 12.3 Å². The molecule has 1 atom stereocenters. The third-order valence-corrected chi connectivity index (χ3v) is 7.60. The van der Waals surface area contributed by atoms with Gasteiger partial charge in [-0.25, -0.2) is 26.8 Å². The predicted octanol–water partition coefficient (Wildman–Crippen LogP) is 1.74. The fraction of sp³-hybridized carbons (Fsp3) is 0.278. The molecule has 0 aliphatic rings. The number of halogens is 1. The molecule has 0 radical (unpaired) electrons. The third kappa shape index (κ3) is 5.37. The van der Waals surface area contributed by atoms with E-state index >= 15 is 0 Å². The summed E-state index contributed by atoms with van der Waals surface area (Å²) in [5.74, 6) is -1.77. The third-order valence-electron chi connectivity index (χ3n) is 4.13. The second-order valence-corrected chi connectivity index (χ2v) is 12.2. The van der Waals surface area contributed by atoms with Crippen LogP contribution in [0, 0.1) is 5.95 Å². The largest absolute Gasteiger partial charge is 0.354 e. The summed E-state index contributed by atoms with van der Waals surface area (Å²) in [5, 5.41) is 0.866. The number of sulfone groups is 2. The van der Waals surface area contributed by atoms with Crippen molar-refractivity contribution in [1.29, 1.82) is 0 Å². The zero-order valence-electron chi connectivity index (χ0n) is 16.0. The second-order valence-electron chi connectivity index (χ2n) is 6.73. The van der Waals surface area contributed by atoms with Crippen molar-refractivity contribution in [2.45, 2.75) is 5.25 Å². The van der Waals surface area contributed by atoms with Crippen LogP contribution in [0.15, 0.2) is 36.5 Å². The Bertz CT molecular complexity index is 1320. The van der Waals surface area contributed by atoms with E-state index in [0.717, 1.165) is 23.8 Å². The molecule has 1 N–H and O–H groups in total. The van der Waals surface area contributed by atoms with Crippen LogP contribution in [0.2, 0.25) is 0 Å². The van der Waals surface area contributed by atoms with Gasteiger partial charge in [0.15, 0.2) is 15.1 Å². The van der Waals surface area contributed by atoms with Crippen LogP contribution in [0.25, 0.3) is 21.3 Å². The minimum absolute atomic E-state index is 0.0717. The molecule has 0 saturated heterocycles. The molecule has 160 valence electrons. The summed E-state index contributed by atoms with van der Waals surface area (Å²) in [4.78, 5) is 20.3. The average molecular weight is 472 g/mol. The summed E-state index contributed by atoms with van der Waals surface area (Å²) in [7, 11) is -7.18. The molecule has 1 aromatic carbocycles. The van der Waals surface area contributed by atoms with Crippen molar-refractivity contribution in [1.82, 2.24) is 15.3 Å². The molecule has 0 saturated carbocycles. The Balaban J connectivity index is 1.94. The SMILES string of the molecule is CS(=O)(=O)CCNC(=O)C(c1nc2ccc(-c3ccnc(F)c3)cc2s1)S(C)(=O)=O. The summed E-state index contributed by atoms with van der Waals surface area (Å²) >= 11 is 1.03. The highest BCUT2D eigenvalue weighted by atomic mass is 32.2. The van der Waals surface area contributed by atoms with Gasteiger partial charge in [0.2, 0.25) is 11.9 Å². The number of aromatic nitrogens is 2. The number of thiazole rings is 1. The number of hydrogen-bond donors (Lipinski definition) is 1. The Morgan fingerprint density at radius 1 is 1.13 bits per heavy atom. The fourth-order valence-electron chi connectivity index (χ4n) is 2.76. The van der Waals surface area contributed by atoms with Crippen LogP contribution < -0.4 is 5.32 Å². The molecule has 2 heterocycles. The Hall–Kier alpha value is -2.44. The van der Waals surface area contributed by atoms with Gasteiger partial charge in [0.1, 0.15) is 14.8 Å². The molecule has 0 spiro atoms. The number of pyridine rings is 1. The number of carbonyl (C=O) groups excluding carboxylic acids is 1. The van der Waals surface area contributed by atoms with Gasteiger partial charge in [-0.2, -0.15) is 4.39 Å². The Kier molecular flexibility index (Phi) is 6.20. The lowest BCUT2D eigenvalue weighted by Gasteiger charge is -2.12. The zero-order valence-corrected chi connectivity index (χ0v) is 18.4. The van der Waals surface area contributed by atoms with Crippen LogP contribution >= 0.6 is 11.3 Å². The first kappa shape index (κ1) is 22.2. The molecule has 0 bridgehead atoms. The average Bonchev–Trinajstić information content (AvgIpc) is 3.01. The minimum atomic E-state index is -3.87. The van der Waals surface area contributed by atoms with E-state index in [1.54, 1.807) is 24.3 Å². The lowest BCUT2D eigenvalue weighted by atomic mass is 10.1. The normalized spacial score (nSPS) is 13.3. The highest BCUT2D eigenvalue weighted by Gasteiger charge is 2.33. The molecule has 2 aromatic heterocycles. The van der Waals surface area contributed by atoms with Crippen molar-refractivity contribution in [2.75, 3.05) is 24.8 Å². The number of nitrogens with one attached hydrogen (secondary N) is 1. The maximum Gasteiger partial charge on any atom is 0.245 e. The number of nitrogens with zero attached hydrogens (tertiary/aromatic N) is 2. The molecule has 8 nitrogen and oxygen atoms in total. The standard InChI is InChI=1S/C18H18FN3O5S3/c1-29(24,25)8-7-21-17(23)16(30(2,26)27)18-22-13-4-3-11(9-14(13)28-18)12-5-6-20-15(19)10-12/h3-6,9-10,16H,7-8H2,1-2H3,(H,21,23). The van der Waals surface area contributed by atoms with E-state index in [4.69, 9.17) is 0 Å². The van der Waals surface area contributed by atoms with Crippen LogP contribution in [-0.4, -0.2) is 57.5 Å². The van der Waals surface area contributed by atoms with Gasteiger partial charge in [0.05, 0.1) is 16.0 Å². The van der Waals surface area contributed by atoms with Crippen molar-refractivity contribution < 1.29 is 26.0 Å². The van der Waals surface area contributed by atoms with E-state index in [1.807, 2.05) is 0 Å². The number of benzene rings is 1. The summed E-state index contributed by atoms with van der Waals surface area (Å²) in [6.45, 7) is -0.202. The van der Waals surface area contributed by atoms with Crippen molar-refractivity contribution in [3.63, 3.8) is 0 Å². The minimum Gasteiger partial charge on any atom is -0.354 e. The van der Waals surface area contributed by atoms with Crippen molar-refractivity contribution in [2.24, 2.45) is 0 Å². The number of hydrogen-bond acceptors (Lipinski definition) is 8. The molecule has 30 heavy (non-hydrogen) atoms. The van der Waals surface area contributed by atoms with E-state index < -0.39 is 36.8 Å². The molecule has 0 fully saturated rings. The fourth-order valence-corrected chi connectivity index (χ4v) is 5.78. The predicted molar refractivity (Wildman–Crippen MR) is 113 cm³/mol. The summed E-state index contributed by atoms with van der Waals surface area (Å²) in [6, 6.07) is 8.01. The maximum absolute atomic E-state index is 13.4. The summed E-state index contributed by atoms with van der Waals surface area (Å²) in [5.41, 5.74) is 1.77. The van der Waals surface area contributed by atoms with Gasteiger partial charge in [-0.3, -0.25) is 4.79 Å². The lowest BCUT2D eigenvalue weighted by Crippen LogP contribution is -2.36. The van der Waals surface area contributed by atoms with Gasteiger partial charge >= 0.3 is 0 Å². The van der Waals surface area contributed by atoms with E-state index in [-0.39, 0.29) is 17.3 Å². The van der Waals surface area contributed by atoms with E-state index in [0.29, 0.717) is 21.3 Å². The van der Waals surface area contributed by atoms with E-state index in [9.17, 15) is 26.0 Å². The van der Waals surface area contributed by atoms with Gasteiger partial charge < -0.3 is 5.32 Å². The molecule has 1 unspecified atom stereocenters. The Labute approximate surface area is 177 Å². The van der Waals surface area contributed by atoms with Crippen LogP contribution in [-0.2, 0) is 24.5 Å². The van der Waals surface area contributed by atoms with Crippen LogP contribution in [0.4, 0.5) is 4.39 Å². The molecular weight excluding hydrogens is 453 g/mol. The number of rotatable bonds is 7. The first-order valence-corrected chi connectivity index (χ1v) is 13.4. The highest BCUT2D eigenvalue weighted by molar-refractivity contribution is 7.91. The lowest BCUT2D eigenvalue weighted by molar-refractivity contribution is -0.120. The zero-order chi connectivity index (χ0) is 22.1. The van der Waals surface area contributed by atoms with Crippen molar-refractivity contribution >= 4 is 47.1 Å². The monoisotopic (exact) mass is 471 g/mol. The first-order chi connectivity index (χ1) is 13.9. The topological polar surface area (TPSA) is 123 Å². The van der Waals surface area contributed by atoms with Crippen molar-refractivity contribution in [3.05, 3.63) is 47.5 Å². The second kappa shape index (κ2) is 8.36. The van der Waals surface area contributed by atoms with Crippen LogP contribution in [0.3, 0.4) is 0 Å². The first-order valence-electron chi connectivity index (χ1n) is 8.61. The van der Waals surface area contributed by atoms with Gasteiger partial charge in [-0.15, -0.1) is 11.3 Å². The Morgan fingerprint density at radius 3 is 2.47 bits per heavy atom. The number of carbonyl (C=O) groups is 1. The van der Waals surface area contributed by atoms with Crippen LogP contribution in [0.5, 0.6) is 0 Å². The summed E-state index contributed by atoms with van der Waals surface area (Å²) < 4.78 is 61.0. The van der Waals surface area contributed by atoms with Crippen molar-refractivity contribution in [3.8, 4) is 11.1 Å². The molecule has 3 rings (SSSR count). The van der Waals surface area contributed by atoms with Gasteiger partial charge in [-0.05, 0) is 29.3 Å². The summed E-state index contributed by atoms with van der Waals surface area (Å²) in [6.07, 6.45) is 3.28. The smallest absolute Gasteiger partial charge is 0.245 e. The number of fused-ring (bicyclic) bond motifs is 1. The van der Waals surface area contributed by atoms with E-state index in [2.05, 4.69) is 15.3 Å². The molecule has 0 aliphatic heterocycles. The highest BCUT2D eigenvalue weighted by Crippen LogP contribution is 2.33. The van der Waals surface area contributed by atoms with Crippen LogP contribution in [0.1, 0.15) is 10.3 Å². The molecule has 0 aliphatic carbocycles. The molecule has 3 aromatic rings. The molecular formula is C18H18FN3O5S3. The van der Waals surface area contributed by atoms with Gasteiger partial charge in [0, 0.05) is 31.3 Å². The Morgan fingerprint density at radius 2 is 1.83 bits per heavy atom. The van der Waals surface area contributed by atoms with Gasteiger partial charge in [-0.1, -0.05) is 6.07 Å².